The maximum atomic E-state index is 13.4. The van der Waals surface area contributed by atoms with E-state index in [0.717, 1.165) is 55.5 Å². The van der Waals surface area contributed by atoms with Crippen LogP contribution in [-0.2, 0) is 0 Å². The van der Waals surface area contributed by atoms with E-state index < -0.39 is 5.82 Å². The third kappa shape index (κ3) is 5.11. The van der Waals surface area contributed by atoms with Gasteiger partial charge in [-0.15, -0.1) is 0 Å². The summed E-state index contributed by atoms with van der Waals surface area (Å²) in [4.78, 5) is 18.0. The smallest absolute Gasteiger partial charge is 0.185 e. The van der Waals surface area contributed by atoms with Crippen LogP contribution in [0.25, 0.3) is 10.3 Å². The molecule has 154 valence electrons. The van der Waals surface area contributed by atoms with Crippen molar-refractivity contribution in [2.45, 2.75) is 6.42 Å². The summed E-state index contributed by atoms with van der Waals surface area (Å²) in [6.45, 7) is 6.49. The minimum atomic E-state index is -0.453. The van der Waals surface area contributed by atoms with Gasteiger partial charge in [0.25, 0.3) is 0 Å². The van der Waals surface area contributed by atoms with E-state index in [2.05, 4.69) is 42.4 Å². The number of nitrogens with zero attached hydrogens (tertiary/aromatic N) is 5. The minimum absolute atomic E-state index is 0.0623. The first kappa shape index (κ1) is 20.2. The molecule has 1 aromatic carbocycles. The lowest BCUT2D eigenvalue weighted by Crippen LogP contribution is -2.44. The van der Waals surface area contributed by atoms with Gasteiger partial charge >= 0.3 is 0 Å². The van der Waals surface area contributed by atoms with Crippen LogP contribution in [0.1, 0.15) is 6.42 Å². The summed E-state index contributed by atoms with van der Waals surface area (Å²) in [7, 11) is 2.17. The average Bonchev–Trinajstić information content (AvgIpc) is 3.13. The van der Waals surface area contributed by atoms with Crippen molar-refractivity contribution in [3.8, 4) is 0 Å². The SMILES string of the molecule is CN1CCN(CCCNc2nc3ncnc(Nc4ccc(F)c(Cl)c4)c3s2)CC1. The number of hydrogen-bond acceptors (Lipinski definition) is 8. The van der Waals surface area contributed by atoms with Gasteiger partial charge < -0.3 is 20.4 Å². The predicted molar refractivity (Wildman–Crippen MR) is 117 cm³/mol. The van der Waals surface area contributed by atoms with Crippen LogP contribution < -0.4 is 10.6 Å². The number of halogens is 2. The highest BCUT2D eigenvalue weighted by molar-refractivity contribution is 7.22. The number of aromatic nitrogens is 3. The van der Waals surface area contributed by atoms with Crippen LogP contribution in [0.3, 0.4) is 0 Å². The van der Waals surface area contributed by atoms with E-state index in [9.17, 15) is 4.39 Å². The number of nitrogens with one attached hydrogen (secondary N) is 2. The van der Waals surface area contributed by atoms with E-state index in [-0.39, 0.29) is 5.02 Å². The molecule has 10 heteroatoms. The van der Waals surface area contributed by atoms with Gasteiger partial charge in [-0.25, -0.2) is 14.4 Å². The number of thiazole rings is 1. The Morgan fingerprint density at radius 2 is 2.03 bits per heavy atom. The Balaban J connectivity index is 1.36. The fourth-order valence-electron chi connectivity index (χ4n) is 3.20. The molecule has 0 unspecified atom stereocenters. The molecule has 0 saturated carbocycles. The lowest BCUT2D eigenvalue weighted by molar-refractivity contribution is 0.154. The first-order chi connectivity index (χ1) is 14.1. The van der Waals surface area contributed by atoms with Crippen molar-refractivity contribution < 1.29 is 4.39 Å². The van der Waals surface area contributed by atoms with Gasteiger partial charge in [-0.05, 0) is 38.2 Å². The third-order valence-electron chi connectivity index (χ3n) is 4.90. The Hall–Kier alpha value is -2.07. The molecule has 1 aliphatic heterocycles. The summed E-state index contributed by atoms with van der Waals surface area (Å²) in [6, 6.07) is 4.47. The van der Waals surface area contributed by atoms with Crippen molar-refractivity contribution in [2.75, 3.05) is 56.9 Å². The summed E-state index contributed by atoms with van der Waals surface area (Å²) in [6.07, 6.45) is 2.52. The third-order valence-corrected chi connectivity index (χ3v) is 6.20. The number of fused-ring (bicyclic) bond motifs is 1. The Morgan fingerprint density at radius 1 is 1.21 bits per heavy atom. The topological polar surface area (TPSA) is 69.2 Å². The fourth-order valence-corrected chi connectivity index (χ4v) is 4.27. The summed E-state index contributed by atoms with van der Waals surface area (Å²) in [5.74, 6) is 0.173. The van der Waals surface area contributed by atoms with Gasteiger partial charge in [-0.3, -0.25) is 0 Å². The second-order valence-electron chi connectivity index (χ2n) is 7.07. The fraction of sp³-hybridized carbons (Fsp3) is 0.421. The molecular weight excluding hydrogens is 413 g/mol. The largest absolute Gasteiger partial charge is 0.361 e. The molecule has 2 N–H and O–H groups in total. The lowest BCUT2D eigenvalue weighted by Gasteiger charge is -2.32. The number of benzene rings is 1. The summed E-state index contributed by atoms with van der Waals surface area (Å²) >= 11 is 7.36. The van der Waals surface area contributed by atoms with E-state index in [4.69, 9.17) is 11.6 Å². The molecule has 0 spiro atoms. The van der Waals surface area contributed by atoms with E-state index in [1.807, 2.05) is 0 Å². The van der Waals surface area contributed by atoms with E-state index >= 15 is 0 Å². The molecule has 7 nitrogen and oxygen atoms in total. The van der Waals surface area contributed by atoms with E-state index in [1.54, 1.807) is 6.07 Å². The highest BCUT2D eigenvalue weighted by Crippen LogP contribution is 2.31. The molecule has 3 aromatic rings. The molecule has 0 aliphatic carbocycles. The van der Waals surface area contributed by atoms with Crippen LogP contribution >= 0.6 is 22.9 Å². The first-order valence-electron chi connectivity index (χ1n) is 9.57. The van der Waals surface area contributed by atoms with Crippen molar-refractivity contribution in [1.29, 1.82) is 0 Å². The molecule has 0 bridgehead atoms. The maximum Gasteiger partial charge on any atom is 0.185 e. The van der Waals surface area contributed by atoms with Crippen LogP contribution in [0.15, 0.2) is 24.5 Å². The zero-order chi connectivity index (χ0) is 20.2. The molecule has 29 heavy (non-hydrogen) atoms. The Morgan fingerprint density at radius 3 is 2.83 bits per heavy atom. The number of hydrogen-bond donors (Lipinski definition) is 2. The Bertz CT molecular complexity index is 974. The second-order valence-corrected chi connectivity index (χ2v) is 8.48. The average molecular weight is 436 g/mol. The molecule has 0 atom stereocenters. The van der Waals surface area contributed by atoms with Crippen molar-refractivity contribution in [3.63, 3.8) is 0 Å². The van der Waals surface area contributed by atoms with Crippen molar-refractivity contribution in [1.82, 2.24) is 24.8 Å². The van der Waals surface area contributed by atoms with Crippen molar-refractivity contribution in [3.05, 3.63) is 35.4 Å². The molecule has 1 fully saturated rings. The van der Waals surface area contributed by atoms with Gasteiger partial charge in [0.15, 0.2) is 16.6 Å². The summed E-state index contributed by atoms with van der Waals surface area (Å²) < 4.78 is 14.2. The van der Waals surface area contributed by atoms with E-state index in [1.165, 1.54) is 29.8 Å². The monoisotopic (exact) mass is 435 g/mol. The molecule has 0 radical (unpaired) electrons. The quantitative estimate of drug-likeness (QED) is 0.548. The van der Waals surface area contributed by atoms with Gasteiger partial charge in [0.05, 0.1) is 5.02 Å². The van der Waals surface area contributed by atoms with Gasteiger partial charge in [-0.2, -0.15) is 4.98 Å². The molecule has 2 aromatic heterocycles. The van der Waals surface area contributed by atoms with Crippen molar-refractivity contribution in [2.24, 2.45) is 0 Å². The highest BCUT2D eigenvalue weighted by atomic mass is 35.5. The maximum absolute atomic E-state index is 13.4. The van der Waals surface area contributed by atoms with Gasteiger partial charge in [0.1, 0.15) is 16.8 Å². The lowest BCUT2D eigenvalue weighted by atomic mass is 10.3. The molecular formula is C19H23ClFN7S. The van der Waals surface area contributed by atoms with Crippen LogP contribution in [0.2, 0.25) is 5.02 Å². The number of piperazine rings is 1. The van der Waals surface area contributed by atoms with Crippen LogP contribution in [0, 0.1) is 5.82 Å². The number of likely N-dealkylation sites (N-methyl/N-ethyl adjacent to an activating group) is 1. The summed E-state index contributed by atoms with van der Waals surface area (Å²) in [5, 5.41) is 7.45. The standard InChI is InChI=1S/C19H23ClFN7S/c1-27-7-9-28(10-8-27)6-2-5-22-19-26-18-16(29-19)17(23-12-24-18)25-13-3-4-15(21)14(20)11-13/h3-4,11-12H,2,5-10H2,1H3,(H2,22,23,24,25,26). The number of anilines is 3. The van der Waals surface area contributed by atoms with E-state index in [0.29, 0.717) is 17.2 Å². The normalized spacial score (nSPS) is 15.7. The Kier molecular flexibility index (Phi) is 6.39. The highest BCUT2D eigenvalue weighted by Gasteiger charge is 2.14. The van der Waals surface area contributed by atoms with Gasteiger partial charge in [0, 0.05) is 38.4 Å². The van der Waals surface area contributed by atoms with Gasteiger partial charge in [0.2, 0.25) is 0 Å². The van der Waals surface area contributed by atoms with Crippen molar-refractivity contribution >= 4 is 49.9 Å². The second kappa shape index (κ2) is 9.17. The zero-order valence-electron chi connectivity index (χ0n) is 16.2. The molecule has 4 rings (SSSR count). The van der Waals surface area contributed by atoms with Crippen LogP contribution in [0.4, 0.5) is 21.0 Å². The van der Waals surface area contributed by atoms with Crippen LogP contribution in [0.5, 0.6) is 0 Å². The minimum Gasteiger partial charge on any atom is -0.361 e. The Labute approximate surface area is 177 Å². The molecule has 1 saturated heterocycles. The molecule has 3 heterocycles. The van der Waals surface area contributed by atoms with Gasteiger partial charge in [-0.1, -0.05) is 22.9 Å². The number of rotatable bonds is 7. The zero-order valence-corrected chi connectivity index (χ0v) is 17.7. The first-order valence-corrected chi connectivity index (χ1v) is 10.8. The molecule has 0 amide bonds. The molecule has 1 aliphatic rings. The predicted octanol–water partition coefficient (Wildman–Crippen LogP) is 3.67. The van der Waals surface area contributed by atoms with Crippen LogP contribution in [-0.4, -0.2) is 71.1 Å². The summed E-state index contributed by atoms with van der Waals surface area (Å²) in [5.41, 5.74) is 1.29.